The quantitative estimate of drug-likeness (QED) is 0.0718. The van der Waals surface area contributed by atoms with Gasteiger partial charge in [-0.15, -0.1) is 0 Å². The molecule has 0 N–H and O–H groups in total. The van der Waals surface area contributed by atoms with Crippen LogP contribution in [0.15, 0.2) is 388 Å². The van der Waals surface area contributed by atoms with Crippen molar-refractivity contribution >= 4 is 77.7 Å². The van der Waals surface area contributed by atoms with E-state index >= 15 is 0 Å². The van der Waals surface area contributed by atoms with Gasteiger partial charge in [0.05, 0.1) is 28.2 Å². The summed E-state index contributed by atoms with van der Waals surface area (Å²) < 4.78 is 17.0. The fourth-order valence-corrected chi connectivity index (χ4v) is 16.3. The van der Waals surface area contributed by atoms with E-state index in [0.29, 0.717) is 11.8 Å². The van der Waals surface area contributed by atoms with Crippen LogP contribution in [0.25, 0.3) is 122 Å². The Morgan fingerprint density at radius 1 is 0.256 bits per heavy atom. The lowest BCUT2D eigenvalue weighted by molar-refractivity contribution is 0.131. The second-order valence-electron chi connectivity index (χ2n) is 32.1. The molecule has 2 unspecified atom stereocenters. The maximum absolute atomic E-state index is 6.19. The van der Waals surface area contributed by atoms with Crippen molar-refractivity contribution in [1.29, 1.82) is 0 Å². The average Bonchev–Trinajstić information content (AvgIpc) is 1.59. The molecule has 0 radical (unpaired) electrons. The first kappa shape index (κ1) is 76.0. The highest BCUT2D eigenvalue weighted by atomic mass is 16.5. The lowest BCUT2D eigenvalue weighted by atomic mass is 9.95. The Labute approximate surface area is 689 Å². The first-order valence-corrected chi connectivity index (χ1v) is 41.3. The van der Waals surface area contributed by atoms with Crippen LogP contribution in [0.2, 0.25) is 0 Å². The second kappa shape index (κ2) is 33.4. The molecule has 0 fully saturated rings. The van der Waals surface area contributed by atoms with Crippen molar-refractivity contribution in [1.82, 2.24) is 9.13 Å². The summed E-state index contributed by atoms with van der Waals surface area (Å²) in [6, 6.07) is 141. The Hall–Kier alpha value is -13.7. The van der Waals surface area contributed by atoms with E-state index in [9.17, 15) is 0 Å². The van der Waals surface area contributed by atoms with E-state index in [1.807, 2.05) is 0 Å². The van der Waals surface area contributed by atoms with Gasteiger partial charge in [0, 0.05) is 67.0 Å². The van der Waals surface area contributed by atoms with E-state index in [0.717, 1.165) is 69.8 Å². The van der Waals surface area contributed by atoms with Gasteiger partial charge < -0.3 is 28.4 Å². The summed E-state index contributed by atoms with van der Waals surface area (Å²) in [6.45, 7) is 19.5. The number of nitrogens with zero attached hydrogens (tertiary/aromatic N) is 4. The third-order valence-electron chi connectivity index (χ3n) is 22.8. The molecule has 0 aliphatic carbocycles. The van der Waals surface area contributed by atoms with Crippen molar-refractivity contribution in [3.8, 4) is 89.6 Å². The van der Waals surface area contributed by atoms with Crippen molar-refractivity contribution in [2.45, 2.75) is 98.7 Å². The molecule has 0 saturated carbocycles. The fourth-order valence-electron chi connectivity index (χ4n) is 16.3. The Bertz CT molecular complexity index is 6410. The van der Waals surface area contributed by atoms with Crippen LogP contribution < -0.4 is 19.3 Å². The standard InChI is InChI=1S/C56H50N2O.C55H48N2O/c1-6-39(2)40-17-19-43(20-18-40)45-25-35-54-52(37-45)53-38-46(26-36-55(53)58(54)50-31-33-51(34-32-50)59-56(3,4)5)44-23-29-49(30-24-44)57(47-15-11-8-12-16-47)48-27-21-42(22-28-48)41-13-9-7-10-14-41;1-5-39(4)40-16-18-43(19-17-40)45-24-34-54-52(36-45)53-37-46(25-35-55(53)57(54)50-30-32-51(33-31-50)58-38(2)3)44-22-28-49(29-23-44)56(47-14-10-7-11-15-47)48-26-20-42(21-27-48)41-12-8-6-9-13-41/h7-39H,6H2,1-5H3;6-39H,5H2,1-4H3. The van der Waals surface area contributed by atoms with Crippen LogP contribution in [0, 0.1) is 0 Å². The van der Waals surface area contributed by atoms with Gasteiger partial charge in [-0.05, 0) is 307 Å². The summed E-state index contributed by atoms with van der Waals surface area (Å²) in [6.07, 6.45) is 2.39. The number of anilines is 6. The lowest BCUT2D eigenvalue weighted by Crippen LogP contribution is -2.22. The molecule has 0 saturated heterocycles. The van der Waals surface area contributed by atoms with Gasteiger partial charge in [0.2, 0.25) is 0 Å². The number of aromatic nitrogens is 2. The molecule has 18 aromatic rings. The normalized spacial score (nSPS) is 12.1. The van der Waals surface area contributed by atoms with Crippen molar-refractivity contribution in [3.63, 3.8) is 0 Å². The predicted octanol–water partition coefficient (Wildman–Crippen LogP) is 31.5. The van der Waals surface area contributed by atoms with Crippen LogP contribution in [0.5, 0.6) is 11.5 Å². The zero-order valence-corrected chi connectivity index (χ0v) is 68.2. The van der Waals surface area contributed by atoms with Crippen LogP contribution in [0.1, 0.15) is 98.1 Å². The van der Waals surface area contributed by atoms with Gasteiger partial charge in [-0.3, -0.25) is 0 Å². The highest BCUT2D eigenvalue weighted by Gasteiger charge is 2.22. The maximum atomic E-state index is 6.19. The van der Waals surface area contributed by atoms with Crippen LogP contribution in [-0.4, -0.2) is 20.8 Å². The molecule has 6 heteroatoms. The molecule has 117 heavy (non-hydrogen) atoms. The molecule has 0 aliphatic rings. The second-order valence-corrected chi connectivity index (χ2v) is 32.1. The number of ether oxygens (including phenoxy) is 2. The summed E-state index contributed by atoms with van der Waals surface area (Å²) in [5.41, 5.74) is 30.5. The maximum Gasteiger partial charge on any atom is 0.120 e. The van der Waals surface area contributed by atoms with Crippen LogP contribution in [0.4, 0.5) is 34.1 Å². The van der Waals surface area contributed by atoms with Crippen molar-refractivity contribution in [2.24, 2.45) is 0 Å². The molecule has 2 aromatic heterocycles. The van der Waals surface area contributed by atoms with E-state index in [4.69, 9.17) is 9.47 Å². The third-order valence-corrected chi connectivity index (χ3v) is 22.8. The first-order valence-electron chi connectivity index (χ1n) is 41.3. The summed E-state index contributed by atoms with van der Waals surface area (Å²) in [5, 5.41) is 4.90. The van der Waals surface area contributed by atoms with Gasteiger partial charge in [0.25, 0.3) is 0 Å². The van der Waals surface area contributed by atoms with E-state index in [1.54, 1.807) is 0 Å². The van der Waals surface area contributed by atoms with Crippen LogP contribution >= 0.6 is 0 Å². The van der Waals surface area contributed by atoms with Crippen LogP contribution in [-0.2, 0) is 0 Å². The highest BCUT2D eigenvalue weighted by Crippen LogP contribution is 2.44. The van der Waals surface area contributed by atoms with E-state index in [-0.39, 0.29) is 11.7 Å². The first-order chi connectivity index (χ1) is 57.1. The average molecular weight is 1520 g/mol. The van der Waals surface area contributed by atoms with E-state index in [2.05, 4.69) is 469 Å². The number of hydrogen-bond donors (Lipinski definition) is 0. The van der Waals surface area contributed by atoms with Gasteiger partial charge in [0.15, 0.2) is 0 Å². The van der Waals surface area contributed by atoms with E-state index < -0.39 is 0 Å². The Morgan fingerprint density at radius 3 is 0.769 bits per heavy atom. The SMILES string of the molecule is CCC(C)c1ccc(-c2ccc3c(c2)c2cc(-c4ccc(N(c5ccccc5)c5ccc(-c6ccccc6)cc5)cc4)ccc2n3-c2ccc(OC(C)(C)C)cc2)cc1.CCC(C)c1ccc(-c2ccc3c(c2)c2cc(-c4ccc(N(c5ccccc5)c5ccc(-c6ccccc6)cc5)cc4)ccc2n3-c2ccc(OC(C)C)cc2)cc1. The Morgan fingerprint density at radius 2 is 0.496 bits per heavy atom. The van der Waals surface area contributed by atoms with Gasteiger partial charge >= 0.3 is 0 Å². The molecule has 0 bridgehead atoms. The highest BCUT2D eigenvalue weighted by molar-refractivity contribution is 6.13. The molecule has 574 valence electrons. The molecular formula is C111H98N4O2. The van der Waals surface area contributed by atoms with Gasteiger partial charge in [0.1, 0.15) is 17.1 Å². The lowest BCUT2D eigenvalue weighted by Gasteiger charge is -2.26. The summed E-state index contributed by atoms with van der Waals surface area (Å²) in [5.74, 6) is 2.84. The molecule has 2 heterocycles. The van der Waals surface area contributed by atoms with E-state index in [1.165, 1.54) is 122 Å². The van der Waals surface area contributed by atoms with Crippen LogP contribution in [0.3, 0.4) is 0 Å². The van der Waals surface area contributed by atoms with Gasteiger partial charge in [-0.25, -0.2) is 0 Å². The Balaban J connectivity index is 0.000000168. The number of hydrogen-bond acceptors (Lipinski definition) is 4. The molecule has 2 atom stereocenters. The smallest absolute Gasteiger partial charge is 0.120 e. The molecule has 16 aromatic carbocycles. The number of fused-ring (bicyclic) bond motifs is 6. The number of para-hydroxylation sites is 2. The minimum absolute atomic E-state index is 0.122. The predicted molar refractivity (Wildman–Crippen MR) is 497 cm³/mol. The monoisotopic (exact) mass is 1520 g/mol. The number of benzene rings is 16. The minimum Gasteiger partial charge on any atom is -0.491 e. The minimum atomic E-state index is -0.264. The van der Waals surface area contributed by atoms with Gasteiger partial charge in [-0.1, -0.05) is 246 Å². The molecule has 0 spiro atoms. The summed E-state index contributed by atoms with van der Waals surface area (Å²) in [7, 11) is 0. The number of rotatable bonds is 21. The molecule has 0 amide bonds. The Kier molecular flexibility index (Phi) is 21.7. The third kappa shape index (κ3) is 16.3. The van der Waals surface area contributed by atoms with Crippen molar-refractivity contribution in [2.75, 3.05) is 9.80 Å². The van der Waals surface area contributed by atoms with Gasteiger partial charge in [-0.2, -0.15) is 0 Å². The zero-order valence-electron chi connectivity index (χ0n) is 68.2. The van der Waals surface area contributed by atoms with Crippen molar-refractivity contribution < 1.29 is 9.47 Å². The van der Waals surface area contributed by atoms with Crippen molar-refractivity contribution in [3.05, 3.63) is 399 Å². The zero-order chi connectivity index (χ0) is 80.1. The topological polar surface area (TPSA) is 34.8 Å². The largest absolute Gasteiger partial charge is 0.491 e. The molecular weight excluding hydrogens is 1420 g/mol. The fraction of sp³-hybridized carbons (Fsp3) is 0.135. The summed E-state index contributed by atoms with van der Waals surface area (Å²) >= 11 is 0. The molecule has 6 nitrogen and oxygen atoms in total. The molecule has 18 rings (SSSR count). The molecule has 0 aliphatic heterocycles. The summed E-state index contributed by atoms with van der Waals surface area (Å²) in [4.78, 5) is 4.65.